The molecule has 0 radical (unpaired) electrons. The van der Waals surface area contributed by atoms with Gasteiger partial charge in [-0.25, -0.2) is 9.67 Å². The second-order valence-corrected chi connectivity index (χ2v) is 5.18. The van der Waals surface area contributed by atoms with Crippen LogP contribution in [0.4, 0.5) is 5.95 Å². The van der Waals surface area contributed by atoms with Gasteiger partial charge in [-0.15, -0.1) is 0 Å². The predicted molar refractivity (Wildman–Crippen MR) is 72.8 cm³/mol. The Morgan fingerprint density at radius 1 is 1.33 bits per heavy atom. The number of nitrogens with zero attached hydrogens (tertiary/aromatic N) is 4. The van der Waals surface area contributed by atoms with Gasteiger partial charge in [0.1, 0.15) is 23.3 Å². The number of aliphatic hydroxyl groups excluding tert-OH is 3. The topological polar surface area (TPSA) is 166 Å². The summed E-state index contributed by atoms with van der Waals surface area (Å²) < 4.78 is 6.70. The van der Waals surface area contributed by atoms with Gasteiger partial charge in [-0.3, -0.25) is 5.14 Å². The standard InChI is InChI=1S/C10H14N6O4S/c11-10-14-7-3(8(15-10)21-12)1-13-16(7)9-6(19)5(18)4(2-17)20-9/h1,4-6,9,17-19H,2,12H2,(H2,11,14,15)/t4-,5-,6-,9-/m1/s1. The lowest BCUT2D eigenvalue weighted by Gasteiger charge is -2.15. The van der Waals surface area contributed by atoms with Crippen LogP contribution in [-0.2, 0) is 4.74 Å². The largest absolute Gasteiger partial charge is 0.394 e. The van der Waals surface area contributed by atoms with Crippen molar-refractivity contribution in [1.29, 1.82) is 0 Å². The van der Waals surface area contributed by atoms with Crippen LogP contribution < -0.4 is 10.9 Å². The number of aromatic nitrogens is 4. The molecule has 0 unspecified atom stereocenters. The highest BCUT2D eigenvalue weighted by atomic mass is 32.2. The van der Waals surface area contributed by atoms with Gasteiger partial charge in [0.05, 0.1) is 18.2 Å². The molecule has 10 nitrogen and oxygen atoms in total. The summed E-state index contributed by atoms with van der Waals surface area (Å²) in [5, 5.41) is 39.6. The first-order chi connectivity index (χ1) is 10.1. The molecule has 2 aromatic rings. The summed E-state index contributed by atoms with van der Waals surface area (Å²) in [7, 11) is 0. The first-order valence-electron chi connectivity index (χ1n) is 6.06. The molecule has 7 N–H and O–H groups in total. The predicted octanol–water partition coefficient (Wildman–Crippen LogP) is -2.01. The van der Waals surface area contributed by atoms with E-state index in [1.54, 1.807) is 0 Å². The van der Waals surface area contributed by atoms with E-state index in [0.717, 1.165) is 11.9 Å². The summed E-state index contributed by atoms with van der Waals surface area (Å²) >= 11 is 0.898. The van der Waals surface area contributed by atoms with Crippen LogP contribution in [0.2, 0.25) is 0 Å². The molecule has 0 saturated carbocycles. The van der Waals surface area contributed by atoms with E-state index in [9.17, 15) is 10.2 Å². The molecule has 0 amide bonds. The Morgan fingerprint density at radius 3 is 2.71 bits per heavy atom. The highest BCUT2D eigenvalue weighted by molar-refractivity contribution is 7.97. The van der Waals surface area contributed by atoms with Crippen molar-refractivity contribution in [1.82, 2.24) is 19.7 Å². The third-order valence-electron chi connectivity index (χ3n) is 3.31. The number of anilines is 1. The van der Waals surface area contributed by atoms with E-state index in [-0.39, 0.29) is 5.95 Å². The van der Waals surface area contributed by atoms with Gasteiger partial charge in [-0.05, 0) is 11.9 Å². The van der Waals surface area contributed by atoms with Crippen LogP contribution in [0.25, 0.3) is 11.0 Å². The van der Waals surface area contributed by atoms with Gasteiger partial charge >= 0.3 is 0 Å². The zero-order valence-corrected chi connectivity index (χ0v) is 11.5. The molecule has 4 atom stereocenters. The lowest BCUT2D eigenvalue weighted by Crippen LogP contribution is -2.33. The summed E-state index contributed by atoms with van der Waals surface area (Å²) in [5.74, 6) is 0.00365. The Hall–Kier alpha value is -1.50. The Bertz CT molecular complexity index is 666. The van der Waals surface area contributed by atoms with E-state index in [1.807, 2.05) is 0 Å². The minimum Gasteiger partial charge on any atom is -0.394 e. The fourth-order valence-corrected chi connectivity index (χ4v) is 2.69. The van der Waals surface area contributed by atoms with Crippen LogP contribution in [0, 0.1) is 0 Å². The van der Waals surface area contributed by atoms with E-state index < -0.39 is 31.1 Å². The summed E-state index contributed by atoms with van der Waals surface area (Å²) in [6.45, 7) is -0.422. The first-order valence-corrected chi connectivity index (χ1v) is 6.94. The number of rotatable bonds is 3. The monoisotopic (exact) mass is 314 g/mol. The Morgan fingerprint density at radius 2 is 2.10 bits per heavy atom. The van der Waals surface area contributed by atoms with Gasteiger partial charge < -0.3 is 25.8 Å². The van der Waals surface area contributed by atoms with Crippen LogP contribution in [-0.4, -0.2) is 60.0 Å². The summed E-state index contributed by atoms with van der Waals surface area (Å²) in [6.07, 6.45) is -2.89. The Labute approximate surface area is 122 Å². The van der Waals surface area contributed by atoms with Gasteiger partial charge in [0, 0.05) is 0 Å². The lowest BCUT2D eigenvalue weighted by molar-refractivity contribution is -0.0566. The smallest absolute Gasteiger partial charge is 0.223 e. The van der Waals surface area contributed by atoms with E-state index in [0.29, 0.717) is 16.1 Å². The molecule has 11 heteroatoms. The first kappa shape index (κ1) is 14.4. The van der Waals surface area contributed by atoms with E-state index in [1.165, 1.54) is 10.9 Å². The van der Waals surface area contributed by atoms with Crippen molar-refractivity contribution < 1.29 is 20.1 Å². The molecule has 0 bridgehead atoms. The lowest BCUT2D eigenvalue weighted by atomic mass is 10.1. The summed E-state index contributed by atoms with van der Waals surface area (Å²) in [4.78, 5) is 8.05. The molecule has 1 aliphatic heterocycles. The maximum absolute atomic E-state index is 10.0. The fourth-order valence-electron chi connectivity index (χ4n) is 2.27. The molecule has 1 aliphatic rings. The van der Waals surface area contributed by atoms with Crippen molar-refractivity contribution in [2.75, 3.05) is 12.3 Å². The second-order valence-electron chi connectivity index (χ2n) is 4.56. The minimum atomic E-state index is -1.25. The fraction of sp³-hybridized carbons (Fsp3) is 0.500. The van der Waals surface area contributed by atoms with Crippen LogP contribution in [0.5, 0.6) is 0 Å². The third-order valence-corrected chi connectivity index (χ3v) is 3.84. The molecular weight excluding hydrogens is 300 g/mol. The molecule has 3 heterocycles. The number of aliphatic hydroxyl groups is 3. The van der Waals surface area contributed by atoms with Crippen molar-refractivity contribution in [2.45, 2.75) is 29.6 Å². The summed E-state index contributed by atoms with van der Waals surface area (Å²) in [5.41, 5.74) is 5.94. The molecule has 0 aromatic carbocycles. The summed E-state index contributed by atoms with van der Waals surface area (Å²) in [6, 6.07) is 0. The van der Waals surface area contributed by atoms with Gasteiger partial charge in [-0.1, -0.05) is 0 Å². The maximum atomic E-state index is 10.0. The molecule has 0 aliphatic carbocycles. The quantitative estimate of drug-likeness (QED) is 0.315. The number of nitrogens with two attached hydrogens (primary N) is 2. The number of hydrogen-bond acceptors (Lipinski definition) is 10. The maximum Gasteiger partial charge on any atom is 0.223 e. The number of ether oxygens (including phenoxy) is 1. The van der Waals surface area contributed by atoms with Gasteiger partial charge in [0.2, 0.25) is 5.95 Å². The van der Waals surface area contributed by atoms with Crippen molar-refractivity contribution in [3.63, 3.8) is 0 Å². The third kappa shape index (κ3) is 2.23. The SMILES string of the molecule is NSc1nc(N)nc2c1cnn2[C@@H]1O[C@H](CO)[C@@H](O)[C@H]1O. The van der Waals surface area contributed by atoms with Gasteiger partial charge in [0.15, 0.2) is 11.9 Å². The van der Waals surface area contributed by atoms with Crippen LogP contribution in [0.15, 0.2) is 11.2 Å². The van der Waals surface area contributed by atoms with Crippen LogP contribution in [0.3, 0.4) is 0 Å². The zero-order valence-electron chi connectivity index (χ0n) is 10.7. The molecular formula is C10H14N6O4S. The van der Waals surface area contributed by atoms with Gasteiger partial charge in [-0.2, -0.15) is 10.1 Å². The molecule has 21 heavy (non-hydrogen) atoms. The highest BCUT2D eigenvalue weighted by Crippen LogP contribution is 2.32. The normalized spacial score (nSPS) is 29.3. The van der Waals surface area contributed by atoms with Crippen molar-refractivity contribution >= 4 is 28.9 Å². The molecule has 3 rings (SSSR count). The van der Waals surface area contributed by atoms with E-state index in [2.05, 4.69) is 15.1 Å². The van der Waals surface area contributed by atoms with Gasteiger partial charge in [0.25, 0.3) is 0 Å². The molecule has 1 fully saturated rings. The zero-order chi connectivity index (χ0) is 15.1. The van der Waals surface area contributed by atoms with Crippen molar-refractivity contribution in [2.24, 2.45) is 5.14 Å². The average Bonchev–Trinajstić information content (AvgIpc) is 3.01. The highest BCUT2D eigenvalue weighted by Gasteiger charge is 2.44. The molecule has 1 saturated heterocycles. The Kier molecular flexibility index (Phi) is 3.69. The Balaban J connectivity index is 2.07. The number of nitrogen functional groups attached to an aromatic ring is 1. The average molecular weight is 314 g/mol. The second kappa shape index (κ2) is 5.36. The van der Waals surface area contributed by atoms with E-state index >= 15 is 0 Å². The van der Waals surface area contributed by atoms with E-state index in [4.69, 9.17) is 20.7 Å². The molecule has 2 aromatic heterocycles. The number of fused-ring (bicyclic) bond motifs is 1. The van der Waals surface area contributed by atoms with Crippen molar-refractivity contribution in [3.05, 3.63) is 6.20 Å². The van der Waals surface area contributed by atoms with Crippen LogP contribution >= 0.6 is 11.9 Å². The molecule has 114 valence electrons. The van der Waals surface area contributed by atoms with Crippen molar-refractivity contribution in [3.8, 4) is 0 Å². The number of hydrogen-bond donors (Lipinski definition) is 5. The molecule has 0 spiro atoms. The minimum absolute atomic E-state index is 0.00365. The van der Waals surface area contributed by atoms with Crippen LogP contribution in [0.1, 0.15) is 6.23 Å².